The van der Waals surface area contributed by atoms with E-state index in [1.807, 2.05) is 37.3 Å². The number of carbonyl (C=O) groups excluding carboxylic acids is 1. The Morgan fingerprint density at radius 1 is 1.24 bits per heavy atom. The third-order valence-electron chi connectivity index (χ3n) is 6.03. The van der Waals surface area contributed by atoms with Gasteiger partial charge in [-0.25, -0.2) is 18.6 Å². The van der Waals surface area contributed by atoms with Crippen molar-refractivity contribution < 1.29 is 23.0 Å². The van der Waals surface area contributed by atoms with Crippen molar-refractivity contribution in [1.29, 1.82) is 0 Å². The van der Waals surface area contributed by atoms with E-state index in [1.165, 1.54) is 4.90 Å². The SMILES string of the molecule is C[C@H](NC(=O)N(C)C)c1ccc(OC2CCN(c3ccc(OCC4CC4(F)F)cn3)C2)cc1. The number of pyridine rings is 1. The summed E-state index contributed by atoms with van der Waals surface area (Å²) in [6.45, 7) is 3.49. The molecule has 1 N–H and O–H groups in total. The normalized spacial score (nSPS) is 21.9. The zero-order chi connectivity index (χ0) is 23.6. The second-order valence-corrected chi connectivity index (χ2v) is 8.93. The minimum Gasteiger partial charge on any atom is -0.491 e. The zero-order valence-corrected chi connectivity index (χ0v) is 19.1. The second kappa shape index (κ2) is 9.41. The van der Waals surface area contributed by atoms with Gasteiger partial charge in [-0.3, -0.25) is 0 Å². The van der Waals surface area contributed by atoms with E-state index in [-0.39, 0.29) is 31.2 Å². The van der Waals surface area contributed by atoms with E-state index in [4.69, 9.17) is 9.47 Å². The second-order valence-electron chi connectivity index (χ2n) is 8.93. The fourth-order valence-corrected chi connectivity index (χ4v) is 3.75. The molecule has 1 saturated carbocycles. The number of hydrogen-bond acceptors (Lipinski definition) is 5. The molecule has 0 radical (unpaired) electrons. The fraction of sp³-hybridized carbons (Fsp3) is 0.500. The maximum absolute atomic E-state index is 13.0. The number of nitrogens with zero attached hydrogens (tertiary/aromatic N) is 3. The van der Waals surface area contributed by atoms with E-state index >= 15 is 0 Å². The first kappa shape index (κ1) is 23.1. The average Bonchev–Trinajstić information content (AvgIpc) is 3.16. The molecule has 1 aliphatic carbocycles. The van der Waals surface area contributed by atoms with Gasteiger partial charge in [0.1, 0.15) is 23.4 Å². The number of rotatable bonds is 8. The van der Waals surface area contributed by atoms with Gasteiger partial charge in [-0.15, -0.1) is 0 Å². The first-order chi connectivity index (χ1) is 15.7. The molecule has 4 rings (SSSR count). The summed E-state index contributed by atoms with van der Waals surface area (Å²) in [5.74, 6) is -1.15. The summed E-state index contributed by atoms with van der Waals surface area (Å²) in [6.07, 6.45) is 2.39. The molecule has 2 aliphatic rings. The average molecular weight is 461 g/mol. The summed E-state index contributed by atoms with van der Waals surface area (Å²) in [5, 5.41) is 2.93. The molecular weight excluding hydrogens is 430 g/mol. The minimum absolute atomic E-state index is 0.0211. The van der Waals surface area contributed by atoms with Crippen molar-refractivity contribution >= 4 is 11.8 Å². The van der Waals surface area contributed by atoms with Crippen LogP contribution in [0.4, 0.5) is 19.4 Å². The highest BCUT2D eigenvalue weighted by Gasteiger charge is 2.57. The molecule has 2 amide bonds. The molecule has 178 valence electrons. The first-order valence-electron chi connectivity index (χ1n) is 11.2. The van der Waals surface area contributed by atoms with Gasteiger partial charge in [-0.05, 0) is 36.8 Å². The van der Waals surface area contributed by atoms with Crippen LogP contribution in [0, 0.1) is 5.92 Å². The molecular formula is C24H30F2N4O3. The van der Waals surface area contributed by atoms with Gasteiger partial charge in [0.15, 0.2) is 0 Å². The molecule has 1 aromatic heterocycles. The Bertz CT molecular complexity index is 953. The number of amides is 2. The molecule has 7 nitrogen and oxygen atoms in total. The molecule has 1 saturated heterocycles. The van der Waals surface area contributed by atoms with Crippen LogP contribution in [-0.2, 0) is 0 Å². The van der Waals surface area contributed by atoms with E-state index in [0.29, 0.717) is 12.3 Å². The lowest BCUT2D eigenvalue weighted by molar-refractivity contribution is 0.0855. The Kier molecular flexibility index (Phi) is 6.58. The Labute approximate surface area is 192 Å². The highest BCUT2D eigenvalue weighted by atomic mass is 19.3. The summed E-state index contributed by atoms with van der Waals surface area (Å²) >= 11 is 0. The van der Waals surface area contributed by atoms with Crippen LogP contribution in [0.1, 0.15) is 31.4 Å². The molecule has 33 heavy (non-hydrogen) atoms. The predicted octanol–water partition coefficient (Wildman–Crippen LogP) is 4.11. The van der Waals surface area contributed by atoms with Crippen molar-refractivity contribution in [2.45, 2.75) is 37.8 Å². The van der Waals surface area contributed by atoms with Gasteiger partial charge in [-0.1, -0.05) is 12.1 Å². The van der Waals surface area contributed by atoms with E-state index in [1.54, 1.807) is 26.4 Å². The summed E-state index contributed by atoms with van der Waals surface area (Å²) in [6, 6.07) is 11.1. The number of hydrogen-bond donors (Lipinski definition) is 1. The van der Waals surface area contributed by atoms with E-state index in [2.05, 4.69) is 15.2 Å². The summed E-state index contributed by atoms with van der Waals surface area (Å²) in [4.78, 5) is 19.9. The van der Waals surface area contributed by atoms with Crippen molar-refractivity contribution in [3.05, 3.63) is 48.2 Å². The van der Waals surface area contributed by atoms with Crippen molar-refractivity contribution in [2.24, 2.45) is 5.92 Å². The quantitative estimate of drug-likeness (QED) is 0.642. The number of benzene rings is 1. The highest BCUT2D eigenvalue weighted by Crippen LogP contribution is 2.48. The molecule has 0 bridgehead atoms. The molecule has 2 heterocycles. The largest absolute Gasteiger partial charge is 0.491 e. The lowest BCUT2D eigenvalue weighted by Gasteiger charge is -2.20. The lowest BCUT2D eigenvalue weighted by atomic mass is 10.1. The summed E-state index contributed by atoms with van der Waals surface area (Å²) in [5.41, 5.74) is 1.00. The number of anilines is 1. The monoisotopic (exact) mass is 460 g/mol. The summed E-state index contributed by atoms with van der Waals surface area (Å²) in [7, 11) is 3.42. The van der Waals surface area contributed by atoms with Crippen LogP contribution < -0.4 is 19.7 Å². The van der Waals surface area contributed by atoms with Gasteiger partial charge < -0.3 is 24.6 Å². The van der Waals surface area contributed by atoms with Crippen LogP contribution in [-0.4, -0.2) is 61.7 Å². The van der Waals surface area contributed by atoms with Crippen LogP contribution in [0.3, 0.4) is 0 Å². The van der Waals surface area contributed by atoms with Gasteiger partial charge in [0.2, 0.25) is 0 Å². The van der Waals surface area contributed by atoms with Crippen LogP contribution in [0.5, 0.6) is 11.5 Å². The van der Waals surface area contributed by atoms with Crippen LogP contribution in [0.15, 0.2) is 42.6 Å². The van der Waals surface area contributed by atoms with Gasteiger partial charge in [0, 0.05) is 33.5 Å². The van der Waals surface area contributed by atoms with Crippen LogP contribution in [0.25, 0.3) is 0 Å². The number of ether oxygens (including phenoxy) is 2. The van der Waals surface area contributed by atoms with Crippen molar-refractivity contribution in [1.82, 2.24) is 15.2 Å². The molecule has 1 aliphatic heterocycles. The predicted molar refractivity (Wildman–Crippen MR) is 121 cm³/mol. The zero-order valence-electron chi connectivity index (χ0n) is 19.1. The number of halogens is 2. The molecule has 0 spiro atoms. The molecule has 9 heteroatoms. The van der Waals surface area contributed by atoms with E-state index in [0.717, 1.165) is 30.1 Å². The topological polar surface area (TPSA) is 66.9 Å². The molecule has 2 unspecified atom stereocenters. The molecule has 2 fully saturated rings. The van der Waals surface area contributed by atoms with Gasteiger partial charge >= 0.3 is 6.03 Å². The maximum Gasteiger partial charge on any atom is 0.317 e. The highest BCUT2D eigenvalue weighted by molar-refractivity contribution is 5.74. The Morgan fingerprint density at radius 3 is 2.55 bits per heavy atom. The molecule has 3 atom stereocenters. The van der Waals surface area contributed by atoms with Gasteiger partial charge in [0.25, 0.3) is 5.92 Å². The number of carbonyl (C=O) groups is 1. The Balaban J connectivity index is 1.25. The van der Waals surface area contributed by atoms with Crippen molar-refractivity contribution in [2.75, 3.05) is 38.7 Å². The summed E-state index contributed by atoms with van der Waals surface area (Å²) < 4.78 is 37.5. The number of aromatic nitrogens is 1. The first-order valence-corrected chi connectivity index (χ1v) is 11.2. The number of alkyl halides is 2. The fourth-order valence-electron chi connectivity index (χ4n) is 3.75. The lowest BCUT2D eigenvalue weighted by Crippen LogP contribution is -2.36. The van der Waals surface area contributed by atoms with E-state index in [9.17, 15) is 13.6 Å². The third-order valence-corrected chi connectivity index (χ3v) is 6.03. The Morgan fingerprint density at radius 2 is 1.94 bits per heavy atom. The minimum atomic E-state index is -2.57. The van der Waals surface area contributed by atoms with E-state index < -0.39 is 11.8 Å². The smallest absolute Gasteiger partial charge is 0.317 e. The van der Waals surface area contributed by atoms with Crippen molar-refractivity contribution in [3.63, 3.8) is 0 Å². The van der Waals surface area contributed by atoms with Gasteiger partial charge in [-0.2, -0.15) is 0 Å². The van der Waals surface area contributed by atoms with Gasteiger partial charge in [0.05, 0.1) is 31.3 Å². The third kappa shape index (κ3) is 5.83. The standard InChI is InChI=1S/C24H30F2N4O3/c1-16(28-23(31)29(2)3)17-4-6-19(7-5-17)33-21-10-11-30(14-21)22-9-8-20(13-27-22)32-15-18-12-24(18,25)26/h4-9,13,16,18,21H,10-12,14-15H2,1-3H3,(H,28,31)/t16-,18?,21?/m0/s1. The van der Waals surface area contributed by atoms with Crippen LogP contribution in [0.2, 0.25) is 0 Å². The number of nitrogens with one attached hydrogen (secondary N) is 1. The number of urea groups is 1. The van der Waals surface area contributed by atoms with Crippen molar-refractivity contribution in [3.8, 4) is 11.5 Å². The van der Waals surface area contributed by atoms with Crippen LogP contribution >= 0.6 is 0 Å². The maximum atomic E-state index is 13.0. The Hall–Kier alpha value is -3.10. The molecule has 2 aromatic rings. The molecule has 1 aromatic carbocycles.